The molecular formula is C27H26FN3O2. The Bertz CT molecular complexity index is 1300. The summed E-state index contributed by atoms with van der Waals surface area (Å²) in [5, 5.41) is 6.64. The van der Waals surface area contributed by atoms with E-state index in [1.165, 1.54) is 18.2 Å². The number of hydrogen-bond donors (Lipinski definition) is 2. The monoisotopic (exact) mass is 443 g/mol. The van der Waals surface area contributed by atoms with E-state index in [1.807, 2.05) is 66.9 Å². The highest BCUT2D eigenvalue weighted by molar-refractivity contribution is 6.06. The summed E-state index contributed by atoms with van der Waals surface area (Å²) in [4.78, 5) is 25.5. The van der Waals surface area contributed by atoms with Gasteiger partial charge in [-0.15, -0.1) is 0 Å². The first-order valence-electron chi connectivity index (χ1n) is 10.9. The minimum atomic E-state index is -0.465. The van der Waals surface area contributed by atoms with Crippen molar-refractivity contribution in [2.45, 2.75) is 20.4 Å². The molecular weight excluding hydrogens is 417 g/mol. The first-order valence-corrected chi connectivity index (χ1v) is 10.9. The number of aromatic nitrogens is 1. The molecule has 2 N–H and O–H groups in total. The molecule has 4 aromatic rings. The highest BCUT2D eigenvalue weighted by atomic mass is 19.1. The molecule has 0 atom stereocenters. The third-order valence-electron chi connectivity index (χ3n) is 5.33. The first-order chi connectivity index (χ1) is 15.9. The topological polar surface area (TPSA) is 63.1 Å². The van der Waals surface area contributed by atoms with Crippen molar-refractivity contribution in [3.63, 3.8) is 0 Å². The minimum absolute atomic E-state index is 0.138. The molecule has 2 amide bonds. The van der Waals surface area contributed by atoms with Gasteiger partial charge < -0.3 is 15.2 Å². The van der Waals surface area contributed by atoms with Crippen molar-refractivity contribution in [2.24, 2.45) is 5.92 Å². The van der Waals surface area contributed by atoms with Crippen LogP contribution in [-0.2, 0) is 6.54 Å². The molecule has 33 heavy (non-hydrogen) atoms. The molecule has 5 nitrogen and oxygen atoms in total. The molecule has 1 heterocycles. The van der Waals surface area contributed by atoms with Crippen molar-refractivity contribution >= 4 is 28.4 Å². The Kier molecular flexibility index (Phi) is 6.54. The Morgan fingerprint density at radius 1 is 0.909 bits per heavy atom. The molecule has 3 aromatic carbocycles. The van der Waals surface area contributed by atoms with Crippen LogP contribution in [0.1, 0.15) is 40.3 Å². The number of carbonyl (C=O) groups excluding carboxylic acids is 2. The zero-order valence-corrected chi connectivity index (χ0v) is 18.6. The number of halogens is 1. The van der Waals surface area contributed by atoms with Crippen LogP contribution in [0.2, 0.25) is 0 Å². The third kappa shape index (κ3) is 5.29. The lowest BCUT2D eigenvalue weighted by molar-refractivity contribution is 0.0940. The summed E-state index contributed by atoms with van der Waals surface area (Å²) in [6, 6.07) is 22.8. The Morgan fingerprint density at radius 2 is 1.70 bits per heavy atom. The van der Waals surface area contributed by atoms with E-state index in [2.05, 4.69) is 10.6 Å². The second kappa shape index (κ2) is 9.69. The highest BCUT2D eigenvalue weighted by Crippen LogP contribution is 2.25. The van der Waals surface area contributed by atoms with Gasteiger partial charge in [-0.1, -0.05) is 50.2 Å². The summed E-state index contributed by atoms with van der Waals surface area (Å²) in [5.74, 6) is -0.660. The fourth-order valence-corrected chi connectivity index (χ4v) is 3.69. The van der Waals surface area contributed by atoms with E-state index in [0.29, 0.717) is 30.4 Å². The molecule has 0 saturated carbocycles. The lowest BCUT2D eigenvalue weighted by atomic mass is 10.2. The molecule has 168 valence electrons. The molecule has 0 aliphatic heterocycles. The van der Waals surface area contributed by atoms with E-state index in [-0.39, 0.29) is 11.5 Å². The summed E-state index contributed by atoms with van der Waals surface area (Å²) >= 11 is 0. The zero-order valence-electron chi connectivity index (χ0n) is 18.6. The van der Waals surface area contributed by atoms with E-state index < -0.39 is 11.7 Å². The second-order valence-corrected chi connectivity index (χ2v) is 8.44. The molecule has 1 aromatic heterocycles. The van der Waals surface area contributed by atoms with Crippen molar-refractivity contribution in [2.75, 3.05) is 11.9 Å². The van der Waals surface area contributed by atoms with Crippen molar-refractivity contribution in [1.82, 2.24) is 9.88 Å². The van der Waals surface area contributed by atoms with Gasteiger partial charge in [0.2, 0.25) is 0 Å². The average molecular weight is 444 g/mol. The van der Waals surface area contributed by atoms with E-state index >= 15 is 0 Å². The number of amides is 2. The number of hydrogen-bond acceptors (Lipinski definition) is 2. The summed E-state index contributed by atoms with van der Waals surface area (Å²) in [6.45, 7) is 5.23. The van der Waals surface area contributed by atoms with E-state index in [0.717, 1.165) is 16.5 Å². The highest BCUT2D eigenvalue weighted by Gasteiger charge is 2.17. The minimum Gasteiger partial charge on any atom is -0.351 e. The molecule has 0 spiro atoms. The number of rotatable bonds is 7. The van der Waals surface area contributed by atoms with Crippen molar-refractivity contribution in [3.8, 4) is 0 Å². The summed E-state index contributed by atoms with van der Waals surface area (Å²) in [6.07, 6.45) is 0. The van der Waals surface area contributed by atoms with Crippen LogP contribution in [0.15, 0.2) is 78.9 Å². The van der Waals surface area contributed by atoms with Crippen molar-refractivity contribution < 1.29 is 14.0 Å². The maximum Gasteiger partial charge on any atom is 0.267 e. The summed E-state index contributed by atoms with van der Waals surface area (Å²) < 4.78 is 15.5. The largest absolute Gasteiger partial charge is 0.351 e. The van der Waals surface area contributed by atoms with Crippen LogP contribution in [0.25, 0.3) is 10.9 Å². The van der Waals surface area contributed by atoms with Crippen LogP contribution in [-0.4, -0.2) is 22.9 Å². The lowest BCUT2D eigenvalue weighted by Gasteiger charge is -2.13. The fraction of sp³-hybridized carbons (Fsp3) is 0.185. The molecule has 6 heteroatoms. The molecule has 0 radical (unpaired) electrons. The predicted octanol–water partition coefficient (Wildman–Crippen LogP) is 5.47. The zero-order chi connectivity index (χ0) is 23.4. The number of carbonyl (C=O) groups is 2. The van der Waals surface area contributed by atoms with Crippen LogP contribution in [0.4, 0.5) is 10.1 Å². The van der Waals surface area contributed by atoms with Crippen LogP contribution >= 0.6 is 0 Å². The van der Waals surface area contributed by atoms with Gasteiger partial charge in [-0.3, -0.25) is 9.59 Å². The Balaban J connectivity index is 1.67. The van der Waals surface area contributed by atoms with Gasteiger partial charge in [0.25, 0.3) is 11.8 Å². The number of nitrogens with zero attached hydrogens (tertiary/aromatic N) is 1. The number of fused-ring (bicyclic) bond motifs is 1. The molecule has 0 bridgehead atoms. The molecule has 0 aliphatic carbocycles. The summed E-state index contributed by atoms with van der Waals surface area (Å²) in [5.41, 5.74) is 3.34. The van der Waals surface area contributed by atoms with Crippen molar-refractivity contribution in [3.05, 3.63) is 102 Å². The van der Waals surface area contributed by atoms with Gasteiger partial charge in [0.15, 0.2) is 0 Å². The van der Waals surface area contributed by atoms with Gasteiger partial charge in [0, 0.05) is 35.2 Å². The molecule has 0 unspecified atom stereocenters. The summed E-state index contributed by atoms with van der Waals surface area (Å²) in [7, 11) is 0. The van der Waals surface area contributed by atoms with Crippen LogP contribution < -0.4 is 10.6 Å². The maximum atomic E-state index is 13.5. The lowest BCUT2D eigenvalue weighted by Crippen LogP contribution is -2.29. The quantitative estimate of drug-likeness (QED) is 0.398. The Morgan fingerprint density at radius 3 is 2.42 bits per heavy atom. The molecule has 4 rings (SSSR count). The van der Waals surface area contributed by atoms with Crippen LogP contribution in [0.3, 0.4) is 0 Å². The Labute approximate surface area is 192 Å². The molecule has 0 saturated heterocycles. The first kappa shape index (κ1) is 22.3. The van der Waals surface area contributed by atoms with Gasteiger partial charge in [-0.25, -0.2) is 4.39 Å². The van der Waals surface area contributed by atoms with Gasteiger partial charge in [0.1, 0.15) is 11.5 Å². The predicted molar refractivity (Wildman–Crippen MR) is 129 cm³/mol. The standard InChI is InChI=1S/C27H26FN3O2/c1-18(2)16-29-27(33)25-15-21-14-23(30-26(32)20-9-6-10-22(28)13-20)11-12-24(21)31(25)17-19-7-4-3-5-8-19/h3-15,18H,16-17H2,1-2H3,(H,29,33)(H,30,32). The SMILES string of the molecule is CC(C)CNC(=O)c1cc2cc(NC(=O)c3cccc(F)c3)ccc2n1Cc1ccccc1. The van der Waals surface area contributed by atoms with Gasteiger partial charge >= 0.3 is 0 Å². The fourth-order valence-electron chi connectivity index (χ4n) is 3.69. The molecule has 0 fully saturated rings. The number of benzene rings is 3. The van der Waals surface area contributed by atoms with Gasteiger partial charge in [-0.2, -0.15) is 0 Å². The maximum absolute atomic E-state index is 13.5. The molecule has 0 aliphatic rings. The van der Waals surface area contributed by atoms with E-state index in [4.69, 9.17) is 0 Å². The van der Waals surface area contributed by atoms with Gasteiger partial charge in [-0.05, 0) is 53.9 Å². The number of anilines is 1. The Hall–Kier alpha value is -3.93. The van der Waals surface area contributed by atoms with Crippen LogP contribution in [0.5, 0.6) is 0 Å². The third-order valence-corrected chi connectivity index (χ3v) is 5.33. The smallest absolute Gasteiger partial charge is 0.267 e. The number of nitrogens with one attached hydrogen (secondary N) is 2. The van der Waals surface area contributed by atoms with Crippen LogP contribution in [0, 0.1) is 11.7 Å². The van der Waals surface area contributed by atoms with Gasteiger partial charge in [0.05, 0.1) is 0 Å². The van der Waals surface area contributed by atoms with E-state index in [9.17, 15) is 14.0 Å². The van der Waals surface area contributed by atoms with E-state index in [1.54, 1.807) is 12.1 Å². The normalized spacial score (nSPS) is 11.0. The average Bonchev–Trinajstić information content (AvgIpc) is 3.15. The second-order valence-electron chi connectivity index (χ2n) is 8.44. The van der Waals surface area contributed by atoms with Crippen molar-refractivity contribution in [1.29, 1.82) is 0 Å².